The van der Waals surface area contributed by atoms with E-state index in [1.807, 2.05) is 12.1 Å². The first-order chi connectivity index (χ1) is 16.1. The molecule has 0 spiro atoms. The van der Waals surface area contributed by atoms with Crippen LogP contribution >= 0.6 is 0 Å². The van der Waals surface area contributed by atoms with Gasteiger partial charge in [-0.2, -0.15) is 5.10 Å². The van der Waals surface area contributed by atoms with E-state index in [-0.39, 0.29) is 5.82 Å². The fraction of sp³-hybridized carbons (Fsp3) is 0.0833. The Labute approximate surface area is 188 Å². The summed E-state index contributed by atoms with van der Waals surface area (Å²) in [5.74, 6) is 0.0864. The lowest BCUT2D eigenvalue weighted by Crippen LogP contribution is -2.28. The Bertz CT molecular complexity index is 1440. The highest BCUT2D eigenvalue weighted by Gasteiger charge is 2.18. The van der Waals surface area contributed by atoms with Crippen molar-refractivity contribution in [2.24, 2.45) is 0 Å². The van der Waals surface area contributed by atoms with E-state index < -0.39 is 6.03 Å². The maximum absolute atomic E-state index is 13.9. The van der Waals surface area contributed by atoms with Crippen molar-refractivity contribution >= 4 is 17.5 Å². The molecule has 0 aliphatic carbocycles. The predicted molar refractivity (Wildman–Crippen MR) is 121 cm³/mol. The molecule has 0 unspecified atom stereocenters. The van der Waals surface area contributed by atoms with Crippen LogP contribution in [0, 0.1) is 12.7 Å². The highest BCUT2D eigenvalue weighted by molar-refractivity contribution is 5.89. The molecule has 0 aliphatic rings. The van der Waals surface area contributed by atoms with Crippen LogP contribution in [0.25, 0.3) is 28.2 Å². The molecule has 0 bridgehead atoms. The number of furan rings is 1. The number of carbonyl (C=O) groups excluding carboxylic acids is 1. The van der Waals surface area contributed by atoms with Gasteiger partial charge >= 0.3 is 6.03 Å². The number of carbonyl (C=O) groups is 1. The molecule has 0 fully saturated rings. The summed E-state index contributed by atoms with van der Waals surface area (Å²) in [4.78, 5) is 21.3. The van der Waals surface area contributed by atoms with Gasteiger partial charge in [-0.05, 0) is 61.0 Å². The van der Waals surface area contributed by atoms with Gasteiger partial charge in [0.1, 0.15) is 17.3 Å². The second-order valence-corrected chi connectivity index (χ2v) is 7.44. The van der Waals surface area contributed by atoms with Gasteiger partial charge in [-0.3, -0.25) is 5.32 Å². The summed E-state index contributed by atoms with van der Waals surface area (Å²) in [6.07, 6.45) is 6.38. The Morgan fingerprint density at radius 3 is 2.85 bits per heavy atom. The molecule has 164 valence electrons. The van der Waals surface area contributed by atoms with Crippen molar-refractivity contribution in [2.45, 2.75) is 13.5 Å². The minimum absolute atomic E-state index is 0.279. The molecule has 8 nitrogen and oxygen atoms in total. The number of hydrogen-bond acceptors (Lipinski definition) is 5. The topological polar surface area (TPSA) is 97.4 Å². The van der Waals surface area contributed by atoms with Crippen LogP contribution in [0.3, 0.4) is 0 Å². The standard InChI is InChI=1S/C24H19FN6O2/c1-15-11-17(4-5-19(15)25)22-23(31-21(30-22)3-2-8-28-31)18-6-9-26-20(12-18)29-24(32)27-13-16-7-10-33-14-16/h2-12,14H,13H2,1H3,(H2,26,27,29,32). The third-order valence-electron chi connectivity index (χ3n) is 5.13. The van der Waals surface area contributed by atoms with Gasteiger partial charge in [-0.15, -0.1) is 0 Å². The molecule has 0 saturated heterocycles. The van der Waals surface area contributed by atoms with Gasteiger partial charge in [0.05, 0.1) is 18.2 Å². The number of aryl methyl sites for hydroxylation is 1. The fourth-order valence-electron chi connectivity index (χ4n) is 3.52. The zero-order chi connectivity index (χ0) is 22.8. The van der Waals surface area contributed by atoms with E-state index in [0.29, 0.717) is 35.0 Å². The molecule has 5 rings (SSSR count). The van der Waals surface area contributed by atoms with E-state index in [4.69, 9.17) is 9.40 Å². The van der Waals surface area contributed by atoms with Crippen LogP contribution in [0.2, 0.25) is 0 Å². The van der Waals surface area contributed by atoms with E-state index >= 15 is 0 Å². The molecule has 5 aromatic rings. The van der Waals surface area contributed by atoms with Crippen molar-refractivity contribution in [1.82, 2.24) is 24.9 Å². The molecule has 1 aromatic carbocycles. The number of nitrogens with one attached hydrogen (secondary N) is 2. The van der Waals surface area contributed by atoms with E-state index in [1.54, 1.807) is 66.7 Å². The quantitative estimate of drug-likeness (QED) is 0.407. The number of nitrogens with zero attached hydrogens (tertiary/aromatic N) is 4. The minimum atomic E-state index is -0.397. The summed E-state index contributed by atoms with van der Waals surface area (Å²) in [5.41, 5.74) is 4.89. The number of hydrogen-bond donors (Lipinski definition) is 2. The molecule has 0 saturated carbocycles. The first-order valence-electron chi connectivity index (χ1n) is 10.2. The van der Waals surface area contributed by atoms with Crippen LogP contribution in [0.15, 0.2) is 77.9 Å². The van der Waals surface area contributed by atoms with Crippen molar-refractivity contribution in [3.8, 4) is 22.5 Å². The predicted octanol–water partition coefficient (Wildman–Crippen LogP) is 4.82. The van der Waals surface area contributed by atoms with Crippen molar-refractivity contribution < 1.29 is 13.6 Å². The smallest absolute Gasteiger partial charge is 0.320 e. The van der Waals surface area contributed by atoms with Crippen molar-refractivity contribution in [3.05, 3.63) is 90.4 Å². The lowest BCUT2D eigenvalue weighted by atomic mass is 10.0. The lowest BCUT2D eigenvalue weighted by molar-refractivity contribution is 0.251. The second-order valence-electron chi connectivity index (χ2n) is 7.44. The fourth-order valence-corrected chi connectivity index (χ4v) is 3.52. The molecule has 33 heavy (non-hydrogen) atoms. The van der Waals surface area contributed by atoms with Crippen molar-refractivity contribution in [1.29, 1.82) is 0 Å². The third kappa shape index (κ3) is 4.16. The summed E-state index contributed by atoms with van der Waals surface area (Å²) in [7, 11) is 0. The van der Waals surface area contributed by atoms with Gasteiger partial charge in [0, 0.05) is 35.6 Å². The van der Waals surface area contributed by atoms with Gasteiger partial charge in [0.25, 0.3) is 0 Å². The number of imidazole rings is 1. The largest absolute Gasteiger partial charge is 0.472 e. The molecular weight excluding hydrogens is 423 g/mol. The van der Waals surface area contributed by atoms with E-state index in [9.17, 15) is 9.18 Å². The van der Waals surface area contributed by atoms with Crippen molar-refractivity contribution in [2.75, 3.05) is 5.32 Å². The molecule has 0 radical (unpaired) electrons. The van der Waals surface area contributed by atoms with Crippen LogP contribution in [0.4, 0.5) is 15.0 Å². The highest BCUT2D eigenvalue weighted by Crippen LogP contribution is 2.33. The van der Waals surface area contributed by atoms with E-state index in [0.717, 1.165) is 16.7 Å². The number of halogens is 1. The summed E-state index contributed by atoms with van der Waals surface area (Å²) >= 11 is 0. The number of aromatic nitrogens is 4. The van der Waals surface area contributed by atoms with Crippen molar-refractivity contribution in [3.63, 3.8) is 0 Å². The SMILES string of the molecule is Cc1cc(-c2nc3cccnn3c2-c2ccnc(NC(=O)NCc3ccoc3)c2)ccc1F. The molecule has 2 N–H and O–H groups in total. The summed E-state index contributed by atoms with van der Waals surface area (Å²) in [5, 5.41) is 9.93. The second kappa shape index (κ2) is 8.54. The maximum Gasteiger partial charge on any atom is 0.320 e. The van der Waals surface area contributed by atoms with Gasteiger partial charge in [-0.1, -0.05) is 0 Å². The molecule has 2 amide bonds. The number of urea groups is 1. The number of benzene rings is 1. The number of rotatable bonds is 5. The van der Waals surface area contributed by atoms with Gasteiger partial charge < -0.3 is 9.73 Å². The summed E-state index contributed by atoms with van der Waals surface area (Å²) in [6, 6.07) is 13.5. The average molecular weight is 442 g/mol. The molecule has 4 heterocycles. The molecule has 9 heteroatoms. The minimum Gasteiger partial charge on any atom is -0.472 e. The normalized spacial score (nSPS) is 11.0. The van der Waals surface area contributed by atoms with Crippen LogP contribution in [0.5, 0.6) is 0 Å². The van der Waals surface area contributed by atoms with Crippen LogP contribution in [-0.2, 0) is 6.54 Å². The lowest BCUT2D eigenvalue weighted by Gasteiger charge is -2.09. The Kier molecular flexibility index (Phi) is 5.27. The number of fused-ring (bicyclic) bond motifs is 1. The average Bonchev–Trinajstić information content (AvgIpc) is 3.47. The van der Waals surface area contributed by atoms with Crippen LogP contribution in [-0.4, -0.2) is 25.6 Å². The van der Waals surface area contributed by atoms with E-state index in [1.165, 1.54) is 6.07 Å². The third-order valence-corrected chi connectivity index (χ3v) is 5.13. The van der Waals surface area contributed by atoms with Gasteiger partial charge in [0.2, 0.25) is 0 Å². The van der Waals surface area contributed by atoms with Crippen LogP contribution in [0.1, 0.15) is 11.1 Å². The Balaban J connectivity index is 1.50. The molecule has 0 atom stereocenters. The van der Waals surface area contributed by atoms with Gasteiger partial charge in [-0.25, -0.2) is 23.7 Å². The molecule has 4 aromatic heterocycles. The zero-order valence-electron chi connectivity index (χ0n) is 17.6. The Morgan fingerprint density at radius 2 is 2.03 bits per heavy atom. The Hall–Kier alpha value is -4.53. The van der Waals surface area contributed by atoms with Crippen LogP contribution < -0.4 is 10.6 Å². The monoisotopic (exact) mass is 442 g/mol. The zero-order valence-corrected chi connectivity index (χ0v) is 17.6. The Morgan fingerprint density at radius 1 is 1.12 bits per heavy atom. The molecule has 0 aliphatic heterocycles. The maximum atomic E-state index is 13.9. The summed E-state index contributed by atoms with van der Waals surface area (Å²) < 4.78 is 20.6. The van der Waals surface area contributed by atoms with E-state index in [2.05, 4.69) is 20.7 Å². The summed E-state index contributed by atoms with van der Waals surface area (Å²) in [6.45, 7) is 2.04. The van der Waals surface area contributed by atoms with Gasteiger partial charge in [0.15, 0.2) is 5.65 Å². The number of amides is 2. The highest BCUT2D eigenvalue weighted by atomic mass is 19.1. The molecular formula is C24H19FN6O2. The number of pyridine rings is 1. The first-order valence-corrected chi connectivity index (χ1v) is 10.2. The number of anilines is 1. The first kappa shape index (κ1) is 20.4.